The van der Waals surface area contributed by atoms with Gasteiger partial charge >= 0.3 is 0 Å². The maximum absolute atomic E-state index is 5.96. The van der Waals surface area contributed by atoms with Crippen molar-refractivity contribution in [1.29, 1.82) is 0 Å². The van der Waals surface area contributed by atoms with Crippen molar-refractivity contribution in [2.45, 2.75) is 0 Å². The predicted molar refractivity (Wildman–Crippen MR) is 62.5 cm³/mol. The lowest BCUT2D eigenvalue weighted by Gasteiger charge is -1.99. The molecule has 0 N–H and O–H groups in total. The van der Waals surface area contributed by atoms with Gasteiger partial charge in [0.1, 0.15) is 0 Å². The largest absolute Gasteiger partial charge is 0.333 e. The molecule has 0 amide bonds. The van der Waals surface area contributed by atoms with Crippen molar-refractivity contribution in [3.63, 3.8) is 0 Å². The van der Waals surface area contributed by atoms with Gasteiger partial charge in [0.2, 0.25) is 3.83 Å². The van der Waals surface area contributed by atoms with Crippen molar-refractivity contribution in [1.82, 2.24) is 10.1 Å². The molecule has 0 fully saturated rings. The number of halogens is 3. The summed E-state index contributed by atoms with van der Waals surface area (Å²) in [7, 11) is 0. The maximum Gasteiger partial charge on any atom is 0.261 e. The third-order valence-electron chi connectivity index (χ3n) is 1.58. The van der Waals surface area contributed by atoms with E-state index in [-0.39, 0.29) is 0 Å². The van der Waals surface area contributed by atoms with E-state index in [0.29, 0.717) is 25.3 Å². The van der Waals surface area contributed by atoms with Crippen LogP contribution < -0.4 is 0 Å². The second-order valence-electron chi connectivity index (χ2n) is 2.47. The molecule has 2 aromatic rings. The quantitative estimate of drug-likeness (QED) is 0.744. The Morgan fingerprint density at radius 1 is 1.21 bits per heavy atom. The van der Waals surface area contributed by atoms with Crippen molar-refractivity contribution in [3.8, 4) is 11.5 Å². The molecule has 6 heteroatoms. The number of nitrogens with zero attached hydrogens (tertiary/aromatic N) is 2. The van der Waals surface area contributed by atoms with Crippen LogP contribution in [0.5, 0.6) is 0 Å². The number of benzene rings is 1. The minimum Gasteiger partial charge on any atom is -0.333 e. The lowest BCUT2D eigenvalue weighted by atomic mass is 10.2. The van der Waals surface area contributed by atoms with Gasteiger partial charge in [0, 0.05) is 22.6 Å². The molecule has 0 aliphatic carbocycles. The highest BCUT2D eigenvalue weighted by molar-refractivity contribution is 14.1. The fraction of sp³-hybridized carbons (Fsp3) is 0. The van der Waals surface area contributed by atoms with E-state index in [0.717, 1.165) is 0 Å². The van der Waals surface area contributed by atoms with E-state index in [1.807, 2.05) is 22.6 Å². The van der Waals surface area contributed by atoms with Crippen molar-refractivity contribution in [2.75, 3.05) is 0 Å². The molecule has 0 unspecified atom stereocenters. The molecule has 0 saturated carbocycles. The summed E-state index contributed by atoms with van der Waals surface area (Å²) < 4.78 is 5.50. The highest BCUT2D eigenvalue weighted by Gasteiger charge is 2.14. The molecule has 0 radical (unpaired) electrons. The summed E-state index contributed by atoms with van der Waals surface area (Å²) in [6.45, 7) is 0. The molecule has 0 bridgehead atoms. The summed E-state index contributed by atoms with van der Waals surface area (Å²) in [4.78, 5) is 4.04. The van der Waals surface area contributed by atoms with Crippen LogP contribution in [0.2, 0.25) is 10.0 Å². The molecule has 2 rings (SSSR count). The topological polar surface area (TPSA) is 38.9 Å². The number of rotatable bonds is 1. The van der Waals surface area contributed by atoms with E-state index < -0.39 is 0 Å². The van der Waals surface area contributed by atoms with Crippen LogP contribution in [-0.4, -0.2) is 10.1 Å². The summed E-state index contributed by atoms with van der Waals surface area (Å²) in [5.74, 6) is 0.338. The minimum atomic E-state index is 0.338. The van der Waals surface area contributed by atoms with Gasteiger partial charge in [-0.1, -0.05) is 34.4 Å². The summed E-state index contributed by atoms with van der Waals surface area (Å²) in [5.41, 5.74) is 0.575. The SMILES string of the molecule is Clc1cccc(Cl)c1-c1nc(I)no1. The summed E-state index contributed by atoms with van der Waals surface area (Å²) in [6.07, 6.45) is 0. The number of hydrogen-bond donors (Lipinski definition) is 0. The van der Waals surface area contributed by atoms with Crippen LogP contribution in [0.25, 0.3) is 11.5 Å². The van der Waals surface area contributed by atoms with Gasteiger partial charge in [0.25, 0.3) is 5.89 Å². The molecule has 1 aromatic carbocycles. The summed E-state index contributed by atoms with van der Waals surface area (Å²) in [6, 6.07) is 5.20. The maximum atomic E-state index is 5.96. The molecule has 3 nitrogen and oxygen atoms in total. The first-order valence-corrected chi connectivity index (χ1v) is 5.45. The molecule has 14 heavy (non-hydrogen) atoms. The van der Waals surface area contributed by atoms with Gasteiger partial charge in [-0.2, -0.15) is 4.98 Å². The van der Waals surface area contributed by atoms with Gasteiger partial charge in [0.05, 0.1) is 15.6 Å². The second-order valence-corrected chi connectivity index (χ2v) is 4.24. The Kier molecular flexibility index (Phi) is 2.94. The Labute approximate surface area is 104 Å². The highest BCUT2D eigenvalue weighted by Crippen LogP contribution is 2.33. The van der Waals surface area contributed by atoms with Crippen LogP contribution in [-0.2, 0) is 0 Å². The molecule has 72 valence electrons. The third kappa shape index (κ3) is 1.87. The molecular formula is C8H3Cl2IN2O. The van der Waals surface area contributed by atoms with E-state index >= 15 is 0 Å². The lowest BCUT2D eigenvalue weighted by Crippen LogP contribution is -1.81. The predicted octanol–water partition coefficient (Wildman–Crippen LogP) is 3.65. The minimum absolute atomic E-state index is 0.338. The van der Waals surface area contributed by atoms with Crippen molar-refractivity contribution >= 4 is 45.8 Å². The first-order valence-electron chi connectivity index (χ1n) is 3.62. The van der Waals surface area contributed by atoms with E-state index in [2.05, 4.69) is 10.1 Å². The van der Waals surface area contributed by atoms with Crippen LogP contribution in [0.1, 0.15) is 0 Å². The van der Waals surface area contributed by atoms with Crippen LogP contribution in [0.3, 0.4) is 0 Å². The van der Waals surface area contributed by atoms with E-state index in [1.54, 1.807) is 18.2 Å². The van der Waals surface area contributed by atoms with Crippen LogP contribution >= 0.6 is 45.8 Å². The standard InChI is InChI=1S/C8H3Cl2IN2O/c9-4-2-1-3-5(10)6(4)7-12-8(11)13-14-7/h1-3H. The zero-order valence-electron chi connectivity index (χ0n) is 6.67. The Morgan fingerprint density at radius 3 is 2.36 bits per heavy atom. The highest BCUT2D eigenvalue weighted by atomic mass is 127. The molecule has 1 heterocycles. The Bertz CT molecular complexity index is 452. The smallest absolute Gasteiger partial charge is 0.261 e. The summed E-state index contributed by atoms with van der Waals surface area (Å²) in [5, 5.41) is 4.65. The van der Waals surface area contributed by atoms with Crippen LogP contribution in [0.4, 0.5) is 0 Å². The fourth-order valence-electron chi connectivity index (χ4n) is 1.01. The van der Waals surface area contributed by atoms with E-state index in [1.165, 1.54) is 0 Å². The average molecular weight is 341 g/mol. The molecule has 0 spiro atoms. The van der Waals surface area contributed by atoms with Gasteiger partial charge in [-0.25, -0.2) is 0 Å². The van der Waals surface area contributed by atoms with Crippen molar-refractivity contribution in [2.24, 2.45) is 0 Å². The Morgan fingerprint density at radius 2 is 1.86 bits per heavy atom. The lowest BCUT2D eigenvalue weighted by molar-refractivity contribution is 0.426. The molecule has 0 aliphatic rings. The molecule has 0 aliphatic heterocycles. The zero-order valence-corrected chi connectivity index (χ0v) is 10.3. The molecule has 0 atom stereocenters. The second kappa shape index (κ2) is 4.04. The Hall–Kier alpha value is -0.330. The Balaban J connectivity index is 2.61. The first-order chi connectivity index (χ1) is 6.68. The van der Waals surface area contributed by atoms with Crippen LogP contribution in [0, 0.1) is 3.83 Å². The zero-order chi connectivity index (χ0) is 10.1. The van der Waals surface area contributed by atoms with Gasteiger partial charge in [-0.05, 0) is 12.1 Å². The molecule has 1 aromatic heterocycles. The molecule has 0 saturated heterocycles. The number of hydrogen-bond acceptors (Lipinski definition) is 3. The first kappa shape index (κ1) is 10.2. The van der Waals surface area contributed by atoms with Crippen molar-refractivity contribution < 1.29 is 4.52 Å². The van der Waals surface area contributed by atoms with Crippen LogP contribution in [0.15, 0.2) is 22.7 Å². The fourth-order valence-corrected chi connectivity index (χ4v) is 1.89. The molecular weight excluding hydrogens is 338 g/mol. The van der Waals surface area contributed by atoms with E-state index in [9.17, 15) is 0 Å². The van der Waals surface area contributed by atoms with Gasteiger partial charge in [-0.3, -0.25) is 0 Å². The van der Waals surface area contributed by atoms with Gasteiger partial charge in [0.15, 0.2) is 0 Å². The third-order valence-corrected chi connectivity index (χ3v) is 2.65. The normalized spacial score (nSPS) is 10.5. The van der Waals surface area contributed by atoms with E-state index in [4.69, 9.17) is 27.7 Å². The monoisotopic (exact) mass is 340 g/mol. The van der Waals surface area contributed by atoms with Crippen molar-refractivity contribution in [3.05, 3.63) is 32.1 Å². The van der Waals surface area contributed by atoms with Gasteiger partial charge in [-0.15, -0.1) is 0 Å². The average Bonchev–Trinajstić information content (AvgIpc) is 2.51. The summed E-state index contributed by atoms with van der Waals surface area (Å²) >= 11 is 13.9. The number of aromatic nitrogens is 2. The van der Waals surface area contributed by atoms with Gasteiger partial charge < -0.3 is 4.52 Å².